The number of nitrogens with one attached hydrogen (secondary N) is 1. The van der Waals surface area contributed by atoms with Crippen molar-refractivity contribution in [1.82, 2.24) is 14.8 Å². The van der Waals surface area contributed by atoms with Crippen molar-refractivity contribution in [3.05, 3.63) is 63.1 Å². The van der Waals surface area contributed by atoms with Crippen LogP contribution in [0.5, 0.6) is 5.75 Å². The van der Waals surface area contributed by atoms with E-state index >= 15 is 0 Å². The molecule has 38 heavy (non-hydrogen) atoms. The van der Waals surface area contributed by atoms with E-state index in [1.807, 2.05) is 6.92 Å². The highest BCUT2D eigenvalue weighted by Gasteiger charge is 2.41. The van der Waals surface area contributed by atoms with Gasteiger partial charge >= 0.3 is 6.16 Å². The standard InChI is InChI=1S/C24H25F2N3O9/c1-13-4-6-35-18-11-28-10-16(22(32)27-9-14-2-3-15(25)8-17(14)26)20(31)21(19(28)23(33)29(13)18)37-12-38-24(34)36-7-5-30/h2-3,8,10,13,18,30H,4-7,9,11-12H2,1H3,(H,27,32)/t13-,18+/m1/s1. The number of benzene rings is 1. The van der Waals surface area contributed by atoms with E-state index in [1.165, 1.54) is 15.7 Å². The Hall–Kier alpha value is -4.04. The number of aliphatic hydroxyl groups excluding tert-OH is 1. The van der Waals surface area contributed by atoms with Crippen LogP contribution in [0.25, 0.3) is 0 Å². The highest BCUT2D eigenvalue weighted by molar-refractivity contribution is 5.99. The minimum Gasteiger partial charge on any atom is -0.451 e. The van der Waals surface area contributed by atoms with Crippen LogP contribution in [0.4, 0.5) is 13.6 Å². The zero-order valence-electron chi connectivity index (χ0n) is 20.3. The maximum atomic E-state index is 14.0. The van der Waals surface area contributed by atoms with Crippen molar-refractivity contribution in [1.29, 1.82) is 0 Å². The van der Waals surface area contributed by atoms with Gasteiger partial charge in [0, 0.05) is 30.4 Å². The van der Waals surface area contributed by atoms with Crippen LogP contribution >= 0.6 is 0 Å². The third kappa shape index (κ3) is 5.60. The van der Waals surface area contributed by atoms with Gasteiger partial charge in [0.25, 0.3) is 11.8 Å². The molecule has 4 rings (SSSR count). The molecule has 0 saturated carbocycles. The number of carbonyl (C=O) groups is 3. The van der Waals surface area contributed by atoms with Crippen LogP contribution in [0, 0.1) is 11.6 Å². The lowest BCUT2D eigenvalue weighted by Crippen LogP contribution is -2.57. The van der Waals surface area contributed by atoms with Crippen molar-refractivity contribution in [2.75, 3.05) is 26.6 Å². The summed E-state index contributed by atoms with van der Waals surface area (Å²) in [5.74, 6) is -3.69. The second-order valence-electron chi connectivity index (χ2n) is 8.52. The molecular weight excluding hydrogens is 512 g/mol. The smallest absolute Gasteiger partial charge is 0.451 e. The van der Waals surface area contributed by atoms with Crippen molar-refractivity contribution in [3.63, 3.8) is 0 Å². The van der Waals surface area contributed by atoms with Gasteiger partial charge in [0.2, 0.25) is 18.0 Å². The summed E-state index contributed by atoms with van der Waals surface area (Å²) in [4.78, 5) is 52.7. The molecule has 2 N–H and O–H groups in total. The van der Waals surface area contributed by atoms with Crippen molar-refractivity contribution >= 4 is 18.0 Å². The van der Waals surface area contributed by atoms with Gasteiger partial charge in [0.15, 0.2) is 11.9 Å². The van der Waals surface area contributed by atoms with E-state index in [0.717, 1.165) is 12.1 Å². The molecule has 204 valence electrons. The normalized spacial score (nSPS) is 18.3. The molecule has 0 spiro atoms. The van der Waals surface area contributed by atoms with Gasteiger partial charge in [-0.25, -0.2) is 13.6 Å². The Labute approximate surface area is 214 Å². The molecule has 2 aromatic rings. The summed E-state index contributed by atoms with van der Waals surface area (Å²) in [5.41, 5.74) is -1.59. The number of aliphatic hydroxyl groups is 1. The number of rotatable bonds is 8. The molecule has 2 amide bonds. The zero-order valence-corrected chi connectivity index (χ0v) is 20.3. The number of aromatic nitrogens is 1. The third-order valence-corrected chi connectivity index (χ3v) is 6.05. The van der Waals surface area contributed by atoms with E-state index in [4.69, 9.17) is 19.3 Å². The minimum absolute atomic E-state index is 0.0144. The van der Waals surface area contributed by atoms with E-state index in [0.29, 0.717) is 19.1 Å². The quantitative estimate of drug-likeness (QED) is 0.374. The van der Waals surface area contributed by atoms with E-state index in [2.05, 4.69) is 10.1 Å². The van der Waals surface area contributed by atoms with Crippen LogP contribution in [0.3, 0.4) is 0 Å². The molecule has 1 aromatic heterocycles. The Morgan fingerprint density at radius 3 is 2.76 bits per heavy atom. The summed E-state index contributed by atoms with van der Waals surface area (Å²) in [6.07, 6.45) is -0.0893. The van der Waals surface area contributed by atoms with Crippen molar-refractivity contribution in [2.24, 2.45) is 0 Å². The highest BCUT2D eigenvalue weighted by Crippen LogP contribution is 2.30. The van der Waals surface area contributed by atoms with Crippen molar-refractivity contribution < 1.29 is 47.2 Å². The molecule has 0 radical (unpaired) electrons. The summed E-state index contributed by atoms with van der Waals surface area (Å²) < 4.78 is 48.9. The third-order valence-electron chi connectivity index (χ3n) is 6.05. The largest absolute Gasteiger partial charge is 0.511 e. The molecule has 14 heteroatoms. The molecule has 3 heterocycles. The molecule has 0 aliphatic carbocycles. The average Bonchev–Trinajstić information content (AvgIpc) is 2.88. The lowest BCUT2D eigenvalue weighted by atomic mass is 10.1. The molecule has 2 atom stereocenters. The van der Waals surface area contributed by atoms with Crippen LogP contribution in [0.1, 0.15) is 39.8 Å². The Balaban J connectivity index is 1.64. The SMILES string of the molecule is C[C@@H]1CCO[C@H]2Cn3cc(C(=O)NCc4ccc(F)cc4F)c(=O)c(OCOC(=O)OCCO)c3C(=O)N12. The first kappa shape index (κ1) is 27.0. The highest BCUT2D eigenvalue weighted by atomic mass is 19.1. The lowest BCUT2D eigenvalue weighted by molar-refractivity contribution is -0.112. The molecule has 1 saturated heterocycles. The molecule has 2 aliphatic heterocycles. The lowest BCUT2D eigenvalue weighted by Gasteiger charge is -2.44. The fraction of sp³-hybridized carbons (Fsp3) is 0.417. The Morgan fingerprint density at radius 1 is 1.24 bits per heavy atom. The van der Waals surface area contributed by atoms with Crippen LogP contribution in [-0.4, -0.2) is 71.4 Å². The number of hydrogen-bond acceptors (Lipinski definition) is 9. The molecule has 12 nitrogen and oxygen atoms in total. The van der Waals surface area contributed by atoms with Crippen LogP contribution in [0.15, 0.2) is 29.2 Å². The molecular formula is C24H25F2N3O9. The minimum atomic E-state index is -1.19. The first-order chi connectivity index (χ1) is 18.2. The van der Waals surface area contributed by atoms with Crippen molar-refractivity contribution in [3.8, 4) is 5.75 Å². The molecule has 0 unspecified atom stereocenters. The summed E-state index contributed by atoms with van der Waals surface area (Å²) in [5, 5.41) is 11.1. The second kappa shape index (κ2) is 11.6. The monoisotopic (exact) mass is 537 g/mol. The molecule has 0 bridgehead atoms. The Kier molecular flexibility index (Phi) is 8.22. The second-order valence-corrected chi connectivity index (χ2v) is 8.52. The van der Waals surface area contributed by atoms with E-state index in [9.17, 15) is 28.0 Å². The van der Waals surface area contributed by atoms with Gasteiger partial charge in [-0.05, 0) is 19.4 Å². The zero-order chi connectivity index (χ0) is 27.4. The molecule has 1 fully saturated rings. The Bertz CT molecular complexity index is 1300. The predicted molar refractivity (Wildman–Crippen MR) is 123 cm³/mol. The number of hydrogen-bond donors (Lipinski definition) is 2. The topological polar surface area (TPSA) is 146 Å². The van der Waals surface area contributed by atoms with Crippen LogP contribution in [-0.2, 0) is 27.3 Å². The van der Waals surface area contributed by atoms with E-state index < -0.39 is 66.0 Å². The summed E-state index contributed by atoms with van der Waals surface area (Å²) in [6.45, 7) is 0.379. The van der Waals surface area contributed by atoms with E-state index in [-0.39, 0.29) is 37.0 Å². The number of ether oxygens (including phenoxy) is 4. The van der Waals surface area contributed by atoms with Gasteiger partial charge in [0.1, 0.15) is 23.8 Å². The summed E-state index contributed by atoms with van der Waals surface area (Å²) >= 11 is 0. The number of fused-ring (bicyclic) bond motifs is 2. The fourth-order valence-electron chi connectivity index (χ4n) is 4.18. The first-order valence-corrected chi connectivity index (χ1v) is 11.7. The first-order valence-electron chi connectivity index (χ1n) is 11.7. The summed E-state index contributed by atoms with van der Waals surface area (Å²) in [6, 6.07) is 2.64. The van der Waals surface area contributed by atoms with Gasteiger partial charge in [-0.2, -0.15) is 0 Å². The molecule has 1 aromatic carbocycles. The van der Waals surface area contributed by atoms with Gasteiger partial charge in [-0.1, -0.05) is 6.07 Å². The predicted octanol–water partition coefficient (Wildman–Crippen LogP) is 1.13. The molecule has 2 aliphatic rings. The summed E-state index contributed by atoms with van der Waals surface area (Å²) in [7, 11) is 0. The number of halogens is 2. The van der Waals surface area contributed by atoms with Crippen LogP contribution in [0.2, 0.25) is 0 Å². The van der Waals surface area contributed by atoms with Gasteiger partial charge < -0.3 is 38.8 Å². The van der Waals surface area contributed by atoms with E-state index in [1.54, 1.807) is 0 Å². The maximum absolute atomic E-state index is 14.0. The fourth-order valence-corrected chi connectivity index (χ4v) is 4.18. The number of nitrogens with zero attached hydrogens (tertiary/aromatic N) is 2. The van der Waals surface area contributed by atoms with Crippen molar-refractivity contribution in [2.45, 2.75) is 38.7 Å². The number of carbonyl (C=O) groups excluding carboxylic acids is 3. The maximum Gasteiger partial charge on any atom is 0.511 e. The number of amides is 2. The Morgan fingerprint density at radius 2 is 2.03 bits per heavy atom. The van der Waals surface area contributed by atoms with Gasteiger partial charge in [-0.3, -0.25) is 14.4 Å². The number of pyridine rings is 1. The average molecular weight is 537 g/mol. The van der Waals surface area contributed by atoms with Gasteiger partial charge in [-0.15, -0.1) is 0 Å². The van der Waals surface area contributed by atoms with Gasteiger partial charge in [0.05, 0.1) is 19.8 Å². The van der Waals surface area contributed by atoms with Crippen LogP contribution < -0.4 is 15.5 Å².